The molecule has 0 bridgehead atoms. The van der Waals surface area contributed by atoms with Gasteiger partial charge in [-0.25, -0.2) is 0 Å². The topological polar surface area (TPSA) is 70.7 Å². The summed E-state index contributed by atoms with van der Waals surface area (Å²) in [6, 6.07) is 15.7. The highest BCUT2D eigenvalue weighted by atomic mass is 16.1. The first-order valence-electron chi connectivity index (χ1n) is 7.41. The molecule has 1 saturated carbocycles. The molecule has 110 valence electrons. The van der Waals surface area contributed by atoms with Gasteiger partial charge >= 0.3 is 0 Å². The highest BCUT2D eigenvalue weighted by Gasteiger charge is 2.44. The number of carbonyl (C=O) groups excluding carboxylic acids is 1. The van der Waals surface area contributed by atoms with Crippen LogP contribution in [-0.2, 0) is 5.41 Å². The van der Waals surface area contributed by atoms with E-state index in [1.165, 1.54) is 5.56 Å². The molecule has 0 spiro atoms. The van der Waals surface area contributed by atoms with Crippen molar-refractivity contribution < 1.29 is 4.79 Å². The Morgan fingerprint density at radius 1 is 1.09 bits per heavy atom. The largest absolute Gasteiger partial charge is 0.351 e. The number of nitrogens with zero attached hydrogens (tertiary/aromatic N) is 2. The molecule has 2 N–H and O–H groups in total. The normalized spacial score (nSPS) is 15.6. The summed E-state index contributed by atoms with van der Waals surface area (Å²) in [5.74, 6) is -0.0629. The first kappa shape index (κ1) is 13.0. The van der Waals surface area contributed by atoms with Gasteiger partial charge in [-0.3, -0.25) is 4.79 Å². The molecule has 2 aromatic carbocycles. The summed E-state index contributed by atoms with van der Waals surface area (Å²) in [6.45, 7) is 0.673. The van der Waals surface area contributed by atoms with E-state index < -0.39 is 0 Å². The number of H-pyrrole nitrogens is 1. The van der Waals surface area contributed by atoms with E-state index >= 15 is 0 Å². The predicted molar refractivity (Wildman–Crippen MR) is 83.6 cm³/mol. The third-order valence-electron chi connectivity index (χ3n) is 4.41. The van der Waals surface area contributed by atoms with E-state index in [-0.39, 0.29) is 11.3 Å². The van der Waals surface area contributed by atoms with E-state index in [4.69, 9.17) is 0 Å². The summed E-state index contributed by atoms with van der Waals surface area (Å²) >= 11 is 0. The summed E-state index contributed by atoms with van der Waals surface area (Å²) in [5.41, 5.74) is 3.51. The van der Waals surface area contributed by atoms with Gasteiger partial charge in [0.05, 0.1) is 0 Å². The Labute approximate surface area is 127 Å². The lowest BCUT2D eigenvalue weighted by molar-refractivity contribution is 0.0950. The number of rotatable bonds is 4. The van der Waals surface area contributed by atoms with Gasteiger partial charge in [0, 0.05) is 17.5 Å². The van der Waals surface area contributed by atoms with Crippen LogP contribution in [0.15, 0.2) is 48.5 Å². The van der Waals surface area contributed by atoms with Gasteiger partial charge in [-0.05, 0) is 36.6 Å². The maximum Gasteiger partial charge on any atom is 0.251 e. The van der Waals surface area contributed by atoms with Crippen molar-refractivity contribution in [2.45, 2.75) is 18.3 Å². The molecule has 1 amide bonds. The zero-order valence-electron chi connectivity index (χ0n) is 12.0. The van der Waals surface area contributed by atoms with E-state index in [9.17, 15) is 4.79 Å². The number of aromatic amines is 1. The summed E-state index contributed by atoms with van der Waals surface area (Å²) in [5, 5.41) is 13.6. The number of hydrogen-bond donors (Lipinski definition) is 2. The molecule has 0 atom stereocenters. The van der Waals surface area contributed by atoms with Gasteiger partial charge in [-0.15, -0.1) is 0 Å². The highest BCUT2D eigenvalue weighted by Crippen LogP contribution is 2.47. The molecular formula is C17H16N4O. The van der Waals surface area contributed by atoms with E-state index in [1.54, 1.807) is 18.2 Å². The van der Waals surface area contributed by atoms with E-state index in [1.807, 2.05) is 6.07 Å². The smallest absolute Gasteiger partial charge is 0.251 e. The fraction of sp³-hybridized carbons (Fsp3) is 0.235. The Balaban J connectivity index is 1.48. The molecule has 0 saturated heterocycles. The second-order valence-electron chi connectivity index (χ2n) is 5.86. The first-order valence-corrected chi connectivity index (χ1v) is 7.41. The second-order valence-corrected chi connectivity index (χ2v) is 5.86. The fourth-order valence-corrected chi connectivity index (χ4v) is 2.84. The van der Waals surface area contributed by atoms with Crippen LogP contribution >= 0.6 is 0 Å². The second kappa shape index (κ2) is 4.94. The van der Waals surface area contributed by atoms with Crippen molar-refractivity contribution in [3.8, 4) is 0 Å². The Bertz CT molecular complexity index is 821. The quantitative estimate of drug-likeness (QED) is 0.776. The molecule has 1 fully saturated rings. The Morgan fingerprint density at radius 3 is 2.64 bits per heavy atom. The summed E-state index contributed by atoms with van der Waals surface area (Å²) in [7, 11) is 0. The molecule has 5 nitrogen and oxygen atoms in total. The van der Waals surface area contributed by atoms with Crippen LogP contribution in [0.4, 0.5) is 0 Å². The van der Waals surface area contributed by atoms with Gasteiger partial charge in [-0.1, -0.05) is 30.3 Å². The number of aromatic nitrogens is 3. The minimum Gasteiger partial charge on any atom is -0.351 e. The van der Waals surface area contributed by atoms with Crippen molar-refractivity contribution in [3.05, 3.63) is 59.7 Å². The van der Waals surface area contributed by atoms with Crippen molar-refractivity contribution in [2.75, 3.05) is 6.54 Å². The molecule has 0 radical (unpaired) electrons. The predicted octanol–water partition coefficient (Wildman–Crippen LogP) is 2.42. The zero-order valence-corrected chi connectivity index (χ0v) is 12.0. The number of fused-ring (bicyclic) bond motifs is 1. The van der Waals surface area contributed by atoms with E-state index in [0.717, 1.165) is 18.4 Å². The highest BCUT2D eigenvalue weighted by molar-refractivity contribution is 5.97. The molecular weight excluding hydrogens is 276 g/mol. The Kier molecular flexibility index (Phi) is 2.92. The standard InChI is InChI=1S/C17H16N4O/c22-16(12-6-7-14-15(10-12)20-21-19-14)18-11-17(8-9-17)13-4-2-1-3-5-13/h1-7,10H,8-9,11H2,(H,18,22)(H,19,20,21). The molecule has 0 unspecified atom stereocenters. The van der Waals surface area contributed by atoms with Crippen LogP contribution in [0.2, 0.25) is 0 Å². The van der Waals surface area contributed by atoms with Crippen LogP contribution in [0, 0.1) is 0 Å². The van der Waals surface area contributed by atoms with Crippen LogP contribution in [0.5, 0.6) is 0 Å². The van der Waals surface area contributed by atoms with Gasteiger partial charge < -0.3 is 5.32 Å². The lowest BCUT2D eigenvalue weighted by atomic mass is 9.96. The van der Waals surface area contributed by atoms with Gasteiger partial charge in [0.1, 0.15) is 11.0 Å². The van der Waals surface area contributed by atoms with Crippen LogP contribution < -0.4 is 5.32 Å². The summed E-state index contributed by atoms with van der Waals surface area (Å²) in [6.07, 6.45) is 2.25. The molecule has 1 heterocycles. The van der Waals surface area contributed by atoms with Crippen LogP contribution in [-0.4, -0.2) is 27.9 Å². The number of benzene rings is 2. The monoisotopic (exact) mass is 292 g/mol. The van der Waals surface area contributed by atoms with Gasteiger partial charge in [-0.2, -0.15) is 15.4 Å². The fourth-order valence-electron chi connectivity index (χ4n) is 2.84. The van der Waals surface area contributed by atoms with Gasteiger partial charge in [0.25, 0.3) is 5.91 Å². The molecule has 5 heteroatoms. The van der Waals surface area contributed by atoms with E-state index in [2.05, 4.69) is 45.0 Å². The Morgan fingerprint density at radius 2 is 1.86 bits per heavy atom. The molecule has 0 aliphatic heterocycles. The lowest BCUT2D eigenvalue weighted by Gasteiger charge is -2.16. The lowest BCUT2D eigenvalue weighted by Crippen LogP contribution is -2.32. The maximum atomic E-state index is 12.3. The third kappa shape index (κ3) is 2.24. The first-order chi connectivity index (χ1) is 10.8. The van der Waals surface area contributed by atoms with Crippen molar-refractivity contribution in [1.82, 2.24) is 20.7 Å². The third-order valence-corrected chi connectivity index (χ3v) is 4.41. The van der Waals surface area contributed by atoms with Gasteiger partial charge in [0.2, 0.25) is 0 Å². The van der Waals surface area contributed by atoms with Crippen molar-refractivity contribution >= 4 is 16.9 Å². The number of amides is 1. The van der Waals surface area contributed by atoms with Crippen LogP contribution in [0.3, 0.4) is 0 Å². The van der Waals surface area contributed by atoms with Crippen LogP contribution in [0.1, 0.15) is 28.8 Å². The van der Waals surface area contributed by atoms with Crippen LogP contribution in [0.25, 0.3) is 11.0 Å². The molecule has 1 aliphatic carbocycles. The summed E-state index contributed by atoms with van der Waals surface area (Å²) in [4.78, 5) is 12.3. The molecule has 22 heavy (non-hydrogen) atoms. The molecule has 1 aromatic heterocycles. The van der Waals surface area contributed by atoms with Crippen molar-refractivity contribution in [1.29, 1.82) is 0 Å². The van der Waals surface area contributed by atoms with E-state index in [0.29, 0.717) is 17.6 Å². The maximum absolute atomic E-state index is 12.3. The minimum absolute atomic E-state index is 0.0629. The van der Waals surface area contributed by atoms with Crippen molar-refractivity contribution in [3.63, 3.8) is 0 Å². The molecule has 4 rings (SSSR count). The van der Waals surface area contributed by atoms with Crippen molar-refractivity contribution in [2.24, 2.45) is 0 Å². The Hall–Kier alpha value is -2.69. The average molecular weight is 292 g/mol. The molecule has 3 aromatic rings. The number of nitrogens with one attached hydrogen (secondary N) is 2. The SMILES string of the molecule is O=C(NCC1(c2ccccc2)CC1)c1ccc2n[nH]nc2c1. The van der Waals surface area contributed by atoms with Gasteiger partial charge in [0.15, 0.2) is 0 Å². The number of carbonyl (C=O) groups is 1. The summed E-state index contributed by atoms with van der Waals surface area (Å²) < 4.78 is 0. The minimum atomic E-state index is -0.0629. The molecule has 1 aliphatic rings. The zero-order chi connectivity index (χ0) is 15.0. The number of hydrogen-bond acceptors (Lipinski definition) is 3. The average Bonchev–Trinajstić information content (AvgIpc) is 3.22.